The molecule has 5 rings (SSSR count). The molecule has 2 unspecified atom stereocenters. The molecule has 0 aromatic heterocycles. The third-order valence-electron chi connectivity index (χ3n) is 8.39. The van der Waals surface area contributed by atoms with E-state index in [4.69, 9.17) is 21.1 Å². The molecule has 248 valence electrons. The van der Waals surface area contributed by atoms with E-state index in [1.54, 1.807) is 49.9 Å². The third-order valence-corrected chi connectivity index (χ3v) is 8.64. The van der Waals surface area contributed by atoms with E-state index in [0.29, 0.717) is 43.2 Å². The minimum atomic E-state index is -0.893. The van der Waals surface area contributed by atoms with Gasteiger partial charge in [0.1, 0.15) is 17.7 Å². The molecule has 3 aromatic carbocycles. The average molecular weight is 661 g/mol. The summed E-state index contributed by atoms with van der Waals surface area (Å²) in [5, 5.41) is 3.58. The molecule has 2 heterocycles. The Hall–Kier alpha value is -4.57. The van der Waals surface area contributed by atoms with Crippen LogP contribution in [0.1, 0.15) is 47.8 Å². The smallest absolute Gasteiger partial charge is 0.411 e. The van der Waals surface area contributed by atoms with Crippen LogP contribution in [0.4, 0.5) is 10.5 Å². The van der Waals surface area contributed by atoms with Gasteiger partial charge in [0.05, 0.1) is 24.9 Å². The Balaban J connectivity index is 1.36. The summed E-state index contributed by atoms with van der Waals surface area (Å²) in [6.45, 7) is 7.34. The number of rotatable bonds is 7. The summed E-state index contributed by atoms with van der Waals surface area (Å²) in [5.41, 5.74) is 3.21. The highest BCUT2D eigenvalue weighted by atomic mass is 35.5. The number of piperazine rings is 1. The van der Waals surface area contributed by atoms with Crippen LogP contribution in [0, 0.1) is 0 Å². The number of nitrogens with zero attached hydrogens (tertiary/aromatic N) is 3. The third kappa shape index (κ3) is 8.24. The van der Waals surface area contributed by atoms with Gasteiger partial charge in [-0.25, -0.2) is 9.59 Å². The zero-order valence-electron chi connectivity index (χ0n) is 27.2. The van der Waals surface area contributed by atoms with Gasteiger partial charge < -0.3 is 24.6 Å². The lowest BCUT2D eigenvalue weighted by Gasteiger charge is -2.39. The monoisotopic (exact) mass is 660 g/mol. The number of halogens is 1. The highest BCUT2D eigenvalue weighted by Crippen LogP contribution is 2.27. The van der Waals surface area contributed by atoms with Gasteiger partial charge in [0, 0.05) is 44.0 Å². The van der Waals surface area contributed by atoms with Gasteiger partial charge >= 0.3 is 12.1 Å². The molecule has 47 heavy (non-hydrogen) atoms. The van der Waals surface area contributed by atoms with Crippen LogP contribution in [0.15, 0.2) is 72.8 Å². The molecular formula is C36H41ClN4O6. The predicted octanol–water partition coefficient (Wildman–Crippen LogP) is 4.86. The number of para-hydroxylation sites is 1. The molecule has 3 aromatic rings. The molecule has 2 aliphatic heterocycles. The van der Waals surface area contributed by atoms with Gasteiger partial charge in [-0.3, -0.25) is 14.5 Å². The number of amides is 3. The molecule has 3 amide bonds. The van der Waals surface area contributed by atoms with E-state index < -0.39 is 35.7 Å². The van der Waals surface area contributed by atoms with Gasteiger partial charge in [-0.15, -0.1) is 0 Å². The van der Waals surface area contributed by atoms with E-state index in [1.807, 2.05) is 48.5 Å². The molecule has 10 nitrogen and oxygen atoms in total. The fourth-order valence-electron chi connectivity index (χ4n) is 6.01. The minimum absolute atomic E-state index is 0.216. The second-order valence-corrected chi connectivity index (χ2v) is 13.2. The number of fused-ring (bicyclic) bond motifs is 1. The second-order valence-electron chi connectivity index (χ2n) is 12.8. The SMILES string of the molecule is COC(=O)c1ccccc1N1CCN(C(=O)C(Cc2ccc(Cl)cc2)NC(=O)C2Cc3ccccc3CN2C(=O)OC(C)(C)C)CC1. The molecular weight excluding hydrogens is 620 g/mol. The quantitative estimate of drug-likeness (QED) is 0.361. The summed E-state index contributed by atoms with van der Waals surface area (Å²) in [6.07, 6.45) is -0.0550. The first-order valence-corrected chi connectivity index (χ1v) is 16.1. The number of methoxy groups -OCH3 is 1. The number of carbonyl (C=O) groups is 4. The number of nitrogens with one attached hydrogen (secondary N) is 1. The minimum Gasteiger partial charge on any atom is -0.465 e. The van der Waals surface area contributed by atoms with Crippen molar-refractivity contribution < 1.29 is 28.7 Å². The molecule has 2 atom stereocenters. The molecule has 0 spiro atoms. The molecule has 11 heteroatoms. The van der Waals surface area contributed by atoms with Gasteiger partial charge in [-0.2, -0.15) is 0 Å². The number of anilines is 1. The maximum Gasteiger partial charge on any atom is 0.411 e. The molecule has 0 aliphatic carbocycles. The number of hydrogen-bond acceptors (Lipinski definition) is 7. The highest BCUT2D eigenvalue weighted by Gasteiger charge is 2.39. The summed E-state index contributed by atoms with van der Waals surface area (Å²) in [7, 11) is 1.35. The Morgan fingerprint density at radius 3 is 2.19 bits per heavy atom. The maximum absolute atomic E-state index is 14.1. The van der Waals surface area contributed by atoms with Crippen molar-refractivity contribution >= 4 is 41.2 Å². The average Bonchev–Trinajstić information content (AvgIpc) is 3.07. The van der Waals surface area contributed by atoms with Crippen molar-refractivity contribution in [2.24, 2.45) is 0 Å². The Labute approximate surface area is 280 Å². The Kier molecular flexibility index (Phi) is 10.4. The van der Waals surface area contributed by atoms with Crippen LogP contribution in [0.25, 0.3) is 0 Å². The summed E-state index contributed by atoms with van der Waals surface area (Å²) in [4.78, 5) is 59.2. The lowest BCUT2D eigenvalue weighted by Crippen LogP contribution is -2.59. The van der Waals surface area contributed by atoms with Gasteiger partial charge in [-0.05, 0) is 61.7 Å². The largest absolute Gasteiger partial charge is 0.465 e. The van der Waals surface area contributed by atoms with Crippen molar-refractivity contribution in [1.29, 1.82) is 0 Å². The van der Waals surface area contributed by atoms with Crippen LogP contribution in [0.5, 0.6) is 0 Å². The molecule has 0 saturated carbocycles. The Morgan fingerprint density at radius 1 is 0.894 bits per heavy atom. The van der Waals surface area contributed by atoms with Crippen molar-refractivity contribution in [3.8, 4) is 0 Å². The first-order valence-electron chi connectivity index (χ1n) is 15.8. The van der Waals surface area contributed by atoms with E-state index in [-0.39, 0.29) is 18.9 Å². The van der Waals surface area contributed by atoms with Crippen LogP contribution >= 0.6 is 11.6 Å². The number of esters is 1. The van der Waals surface area contributed by atoms with E-state index >= 15 is 0 Å². The van der Waals surface area contributed by atoms with Crippen LogP contribution < -0.4 is 10.2 Å². The van der Waals surface area contributed by atoms with E-state index in [2.05, 4.69) is 10.2 Å². The van der Waals surface area contributed by atoms with E-state index in [1.165, 1.54) is 12.0 Å². The zero-order valence-corrected chi connectivity index (χ0v) is 28.0. The Bertz CT molecular complexity index is 1610. The van der Waals surface area contributed by atoms with Crippen LogP contribution in [-0.4, -0.2) is 84.7 Å². The van der Waals surface area contributed by atoms with Crippen molar-refractivity contribution in [2.45, 2.75) is 57.8 Å². The van der Waals surface area contributed by atoms with E-state index in [9.17, 15) is 19.2 Å². The van der Waals surface area contributed by atoms with Gasteiger partial charge in [0.15, 0.2) is 0 Å². The number of ether oxygens (including phenoxy) is 2. The summed E-state index contributed by atoms with van der Waals surface area (Å²) in [5.74, 6) is -1.08. The van der Waals surface area contributed by atoms with E-state index in [0.717, 1.165) is 22.4 Å². The van der Waals surface area contributed by atoms with Crippen LogP contribution in [0.2, 0.25) is 5.02 Å². The topological polar surface area (TPSA) is 108 Å². The molecule has 1 saturated heterocycles. The summed E-state index contributed by atoms with van der Waals surface area (Å²) in [6, 6.07) is 20.4. The normalized spacial score (nSPS) is 17.0. The van der Waals surface area contributed by atoms with Crippen LogP contribution in [-0.2, 0) is 38.4 Å². The predicted molar refractivity (Wildman–Crippen MR) is 179 cm³/mol. The highest BCUT2D eigenvalue weighted by molar-refractivity contribution is 6.30. The fourth-order valence-corrected chi connectivity index (χ4v) is 6.14. The maximum atomic E-state index is 14.1. The molecule has 0 radical (unpaired) electrons. The Morgan fingerprint density at radius 2 is 1.53 bits per heavy atom. The molecule has 1 N–H and O–H groups in total. The summed E-state index contributed by atoms with van der Waals surface area (Å²) < 4.78 is 10.7. The van der Waals surface area contributed by atoms with Gasteiger partial charge in [0.2, 0.25) is 11.8 Å². The first kappa shape index (κ1) is 33.8. The first-order chi connectivity index (χ1) is 22.4. The van der Waals surface area contributed by atoms with Gasteiger partial charge in [-0.1, -0.05) is 60.1 Å². The second kappa shape index (κ2) is 14.5. The van der Waals surface area contributed by atoms with Crippen molar-refractivity contribution in [3.05, 3.63) is 100 Å². The van der Waals surface area contributed by atoms with Crippen molar-refractivity contribution in [1.82, 2.24) is 15.1 Å². The van der Waals surface area contributed by atoms with Crippen molar-refractivity contribution in [2.75, 3.05) is 38.2 Å². The number of carbonyl (C=O) groups excluding carboxylic acids is 4. The van der Waals surface area contributed by atoms with Crippen molar-refractivity contribution in [3.63, 3.8) is 0 Å². The number of hydrogen-bond donors (Lipinski definition) is 1. The van der Waals surface area contributed by atoms with Gasteiger partial charge in [0.25, 0.3) is 0 Å². The standard InChI is InChI=1S/C36H41ClN4O6/c1-36(2,3)47-35(45)41-23-26-10-6-5-9-25(26)22-31(41)32(42)38-29(21-24-13-15-27(37)16-14-24)33(43)40-19-17-39(18-20-40)30-12-8-7-11-28(30)34(44)46-4/h5-16,29,31H,17-23H2,1-4H3,(H,38,42). The fraction of sp³-hybridized carbons (Fsp3) is 0.389. The molecule has 1 fully saturated rings. The van der Waals surface area contributed by atoms with Crippen LogP contribution in [0.3, 0.4) is 0 Å². The summed E-state index contributed by atoms with van der Waals surface area (Å²) >= 11 is 6.13. The number of benzene rings is 3. The lowest BCUT2D eigenvalue weighted by molar-refractivity contribution is -0.138. The molecule has 2 aliphatic rings. The molecule has 0 bridgehead atoms. The lowest BCUT2D eigenvalue weighted by atomic mass is 9.93. The zero-order chi connectivity index (χ0) is 33.7.